The molecule has 1 heterocycles. The summed E-state index contributed by atoms with van der Waals surface area (Å²) < 4.78 is 13.5. The number of halogens is 1. The summed E-state index contributed by atoms with van der Waals surface area (Å²) in [5.41, 5.74) is 2.56. The Hall–Kier alpha value is -1.84. The zero-order chi connectivity index (χ0) is 13.2. The standard InChI is InChI=1S/C14H18FN3/c1-14(2,3)13-10(9-17-18-13)8-16-12-7-5-4-6-11(12)15/h4-7,9,16H,8H2,1-3H3,(H,17,18). The van der Waals surface area contributed by atoms with Crippen LogP contribution in [0.15, 0.2) is 30.5 Å². The van der Waals surface area contributed by atoms with Crippen molar-refractivity contribution in [1.82, 2.24) is 10.2 Å². The van der Waals surface area contributed by atoms with E-state index in [2.05, 4.69) is 36.3 Å². The summed E-state index contributed by atoms with van der Waals surface area (Å²) in [4.78, 5) is 0. The van der Waals surface area contributed by atoms with Crippen LogP contribution in [0, 0.1) is 5.82 Å². The van der Waals surface area contributed by atoms with Gasteiger partial charge in [-0.05, 0) is 12.1 Å². The molecule has 0 radical (unpaired) electrons. The molecular weight excluding hydrogens is 229 g/mol. The molecule has 0 unspecified atom stereocenters. The van der Waals surface area contributed by atoms with Gasteiger partial charge in [-0.1, -0.05) is 32.9 Å². The Morgan fingerprint density at radius 2 is 2.00 bits per heavy atom. The highest BCUT2D eigenvalue weighted by molar-refractivity contribution is 5.45. The minimum atomic E-state index is -0.238. The Morgan fingerprint density at radius 3 is 2.67 bits per heavy atom. The fourth-order valence-electron chi connectivity index (χ4n) is 1.89. The van der Waals surface area contributed by atoms with E-state index in [4.69, 9.17) is 0 Å². The first-order valence-corrected chi connectivity index (χ1v) is 6.00. The van der Waals surface area contributed by atoms with Crippen LogP contribution in [-0.4, -0.2) is 10.2 Å². The molecule has 2 rings (SSSR count). The monoisotopic (exact) mass is 247 g/mol. The summed E-state index contributed by atoms with van der Waals surface area (Å²) in [6.45, 7) is 6.88. The molecule has 0 aliphatic carbocycles. The molecule has 1 aromatic heterocycles. The third-order valence-electron chi connectivity index (χ3n) is 2.77. The zero-order valence-corrected chi connectivity index (χ0v) is 10.9. The topological polar surface area (TPSA) is 40.7 Å². The lowest BCUT2D eigenvalue weighted by Crippen LogP contribution is -2.15. The van der Waals surface area contributed by atoms with Crippen LogP contribution in [0.25, 0.3) is 0 Å². The molecule has 0 atom stereocenters. The molecule has 0 amide bonds. The second kappa shape index (κ2) is 4.80. The van der Waals surface area contributed by atoms with Gasteiger partial charge in [0.2, 0.25) is 0 Å². The summed E-state index contributed by atoms with van der Waals surface area (Å²) in [6, 6.07) is 6.67. The van der Waals surface area contributed by atoms with Gasteiger partial charge in [0, 0.05) is 23.7 Å². The summed E-state index contributed by atoms with van der Waals surface area (Å²) in [5.74, 6) is -0.238. The Balaban J connectivity index is 2.12. The third kappa shape index (κ3) is 2.70. The summed E-state index contributed by atoms with van der Waals surface area (Å²) in [7, 11) is 0. The first-order valence-electron chi connectivity index (χ1n) is 6.00. The second-order valence-corrected chi connectivity index (χ2v) is 5.34. The van der Waals surface area contributed by atoms with Gasteiger partial charge in [-0.25, -0.2) is 4.39 Å². The highest BCUT2D eigenvalue weighted by Gasteiger charge is 2.20. The smallest absolute Gasteiger partial charge is 0.146 e. The SMILES string of the molecule is CC(C)(C)c1n[nH]cc1CNc1ccccc1F. The predicted octanol–water partition coefficient (Wildman–Crippen LogP) is 3.46. The number of nitrogens with one attached hydrogen (secondary N) is 2. The molecule has 2 N–H and O–H groups in total. The van der Waals surface area contributed by atoms with E-state index in [-0.39, 0.29) is 11.2 Å². The van der Waals surface area contributed by atoms with Crippen LogP contribution in [-0.2, 0) is 12.0 Å². The van der Waals surface area contributed by atoms with Gasteiger partial charge in [0.15, 0.2) is 0 Å². The molecule has 0 saturated heterocycles. The molecule has 0 fully saturated rings. The van der Waals surface area contributed by atoms with E-state index in [1.807, 2.05) is 12.3 Å². The van der Waals surface area contributed by atoms with E-state index in [9.17, 15) is 4.39 Å². The second-order valence-electron chi connectivity index (χ2n) is 5.34. The minimum Gasteiger partial charge on any atom is -0.378 e. The van der Waals surface area contributed by atoms with Crippen LogP contribution in [0.5, 0.6) is 0 Å². The van der Waals surface area contributed by atoms with E-state index in [0.29, 0.717) is 12.2 Å². The lowest BCUT2D eigenvalue weighted by molar-refractivity contribution is 0.561. The van der Waals surface area contributed by atoms with Gasteiger partial charge < -0.3 is 5.32 Å². The predicted molar refractivity (Wildman–Crippen MR) is 71.0 cm³/mol. The van der Waals surface area contributed by atoms with Crippen LogP contribution in [0.2, 0.25) is 0 Å². The van der Waals surface area contributed by atoms with Crippen molar-refractivity contribution < 1.29 is 4.39 Å². The normalized spacial score (nSPS) is 11.6. The molecule has 0 aliphatic rings. The van der Waals surface area contributed by atoms with E-state index in [1.54, 1.807) is 12.1 Å². The van der Waals surface area contributed by atoms with Crippen LogP contribution >= 0.6 is 0 Å². The summed E-state index contributed by atoms with van der Waals surface area (Å²) >= 11 is 0. The summed E-state index contributed by atoms with van der Waals surface area (Å²) in [5, 5.41) is 10.2. The molecule has 4 heteroatoms. The molecule has 0 aliphatic heterocycles. The maximum absolute atomic E-state index is 13.5. The van der Waals surface area contributed by atoms with Gasteiger partial charge in [-0.15, -0.1) is 0 Å². The lowest BCUT2D eigenvalue weighted by Gasteiger charge is -2.17. The van der Waals surface area contributed by atoms with Crippen molar-refractivity contribution in [2.45, 2.75) is 32.7 Å². The number of anilines is 1. The van der Waals surface area contributed by atoms with Crippen LogP contribution < -0.4 is 5.32 Å². The van der Waals surface area contributed by atoms with Crippen molar-refractivity contribution in [3.8, 4) is 0 Å². The van der Waals surface area contributed by atoms with E-state index in [0.717, 1.165) is 11.3 Å². The van der Waals surface area contributed by atoms with Crippen molar-refractivity contribution in [1.29, 1.82) is 0 Å². The van der Waals surface area contributed by atoms with Gasteiger partial charge in [-0.3, -0.25) is 5.10 Å². The number of H-pyrrole nitrogens is 1. The van der Waals surface area contributed by atoms with Crippen molar-refractivity contribution >= 4 is 5.69 Å². The van der Waals surface area contributed by atoms with Crippen LogP contribution in [0.1, 0.15) is 32.0 Å². The number of benzene rings is 1. The largest absolute Gasteiger partial charge is 0.378 e. The Bertz CT molecular complexity index is 526. The number of nitrogens with zero attached hydrogens (tertiary/aromatic N) is 1. The highest BCUT2D eigenvalue weighted by Crippen LogP contribution is 2.24. The number of aromatic amines is 1. The first-order chi connectivity index (χ1) is 8.48. The average Bonchev–Trinajstić information content (AvgIpc) is 2.76. The molecule has 3 nitrogen and oxygen atoms in total. The maximum atomic E-state index is 13.5. The van der Waals surface area contributed by atoms with E-state index < -0.39 is 0 Å². The maximum Gasteiger partial charge on any atom is 0.146 e. The fourth-order valence-corrected chi connectivity index (χ4v) is 1.89. The van der Waals surface area contributed by atoms with Gasteiger partial charge in [0.05, 0.1) is 11.4 Å². The quantitative estimate of drug-likeness (QED) is 0.872. The number of hydrogen-bond donors (Lipinski definition) is 2. The lowest BCUT2D eigenvalue weighted by atomic mass is 9.89. The van der Waals surface area contributed by atoms with Gasteiger partial charge in [-0.2, -0.15) is 5.10 Å². The summed E-state index contributed by atoms with van der Waals surface area (Å²) in [6.07, 6.45) is 1.86. The molecule has 0 saturated carbocycles. The molecule has 0 bridgehead atoms. The van der Waals surface area contributed by atoms with E-state index >= 15 is 0 Å². The Kier molecular flexibility index (Phi) is 3.36. The number of aromatic nitrogens is 2. The highest BCUT2D eigenvalue weighted by atomic mass is 19.1. The zero-order valence-electron chi connectivity index (χ0n) is 10.9. The number of rotatable bonds is 3. The number of para-hydroxylation sites is 1. The molecule has 0 spiro atoms. The molecule has 18 heavy (non-hydrogen) atoms. The van der Waals surface area contributed by atoms with Gasteiger partial charge in [0.1, 0.15) is 5.82 Å². The minimum absolute atomic E-state index is 0.0216. The third-order valence-corrected chi connectivity index (χ3v) is 2.77. The Morgan fingerprint density at radius 1 is 1.28 bits per heavy atom. The first kappa shape index (κ1) is 12.6. The van der Waals surface area contributed by atoms with Crippen molar-refractivity contribution in [2.75, 3.05) is 5.32 Å². The average molecular weight is 247 g/mol. The van der Waals surface area contributed by atoms with Crippen LogP contribution in [0.3, 0.4) is 0 Å². The van der Waals surface area contributed by atoms with Crippen LogP contribution in [0.4, 0.5) is 10.1 Å². The van der Waals surface area contributed by atoms with Gasteiger partial charge in [0.25, 0.3) is 0 Å². The fraction of sp³-hybridized carbons (Fsp3) is 0.357. The van der Waals surface area contributed by atoms with Gasteiger partial charge >= 0.3 is 0 Å². The Labute approximate surface area is 106 Å². The van der Waals surface area contributed by atoms with E-state index in [1.165, 1.54) is 6.07 Å². The molecule has 2 aromatic rings. The molecule has 96 valence electrons. The van der Waals surface area contributed by atoms with Crippen molar-refractivity contribution in [3.63, 3.8) is 0 Å². The number of hydrogen-bond acceptors (Lipinski definition) is 2. The molecular formula is C14H18FN3. The van der Waals surface area contributed by atoms with Crippen molar-refractivity contribution in [2.24, 2.45) is 0 Å². The van der Waals surface area contributed by atoms with Crippen molar-refractivity contribution in [3.05, 3.63) is 47.5 Å². The molecule has 1 aromatic carbocycles.